The largest absolute Gasteiger partial charge is 0.467 e. The molecule has 4 amide bonds. The highest BCUT2D eigenvalue weighted by Gasteiger charge is 2.29. The molecule has 3 rings (SSSR count). The minimum absolute atomic E-state index is 0.145. The maximum Gasteiger partial charge on any atom is 0.407 e. The van der Waals surface area contributed by atoms with Gasteiger partial charge in [0.2, 0.25) is 17.7 Å². The van der Waals surface area contributed by atoms with Gasteiger partial charge in [0, 0.05) is 19.4 Å². The van der Waals surface area contributed by atoms with E-state index in [0.29, 0.717) is 25.8 Å². The number of benzene rings is 3. The lowest BCUT2D eigenvalue weighted by Crippen LogP contribution is -2.57. The quantitative estimate of drug-likeness (QED) is 0.102. The third-order valence-corrected chi connectivity index (χ3v) is 7.51. The van der Waals surface area contributed by atoms with Crippen molar-refractivity contribution in [1.82, 2.24) is 21.3 Å². The Morgan fingerprint density at radius 3 is 1.75 bits per heavy atom. The Labute approximate surface area is 281 Å². The molecular weight excluding hydrogens is 614 g/mol. The standard InChI is InChI=1S/C36H45N5O7/c1-25(39-33(43)29(37)20-12-13-21-38-36(46)48-24-28-18-10-5-11-19-28)32(42)40-30(22-26-14-6-3-7-15-26)34(44)41-31(35(45)47-2)23-27-16-8-4-9-17-27/h3-11,14-19,25,29-31H,12-13,20-24,37H2,1-2H3,(H,38,46)(H,39,43)(H,40,42)(H,41,44)/t25-,29+,30+,31+/m1/s1. The van der Waals surface area contributed by atoms with E-state index in [0.717, 1.165) is 16.7 Å². The molecule has 0 fully saturated rings. The highest BCUT2D eigenvalue weighted by molar-refractivity contribution is 5.94. The monoisotopic (exact) mass is 659 g/mol. The van der Waals surface area contributed by atoms with Gasteiger partial charge < -0.3 is 36.5 Å². The zero-order chi connectivity index (χ0) is 34.7. The number of carbonyl (C=O) groups is 5. The fraction of sp³-hybridized carbons (Fsp3) is 0.361. The molecule has 6 N–H and O–H groups in total. The van der Waals surface area contributed by atoms with Crippen LogP contribution in [0.4, 0.5) is 4.79 Å². The maximum atomic E-state index is 13.5. The first kappa shape index (κ1) is 37.2. The Kier molecular flexibility index (Phi) is 15.6. The summed E-state index contributed by atoms with van der Waals surface area (Å²) in [5.74, 6) is -2.32. The zero-order valence-electron chi connectivity index (χ0n) is 27.4. The van der Waals surface area contributed by atoms with Crippen molar-refractivity contribution in [2.75, 3.05) is 13.7 Å². The van der Waals surface area contributed by atoms with Gasteiger partial charge in [0.25, 0.3) is 0 Å². The summed E-state index contributed by atoms with van der Waals surface area (Å²) in [6.07, 6.45) is 1.27. The fourth-order valence-corrected chi connectivity index (χ4v) is 4.78. The summed E-state index contributed by atoms with van der Waals surface area (Å²) in [5, 5.41) is 10.7. The van der Waals surface area contributed by atoms with E-state index in [1.165, 1.54) is 14.0 Å². The first-order valence-corrected chi connectivity index (χ1v) is 15.9. The molecule has 0 aromatic heterocycles. The molecule has 0 saturated heterocycles. The van der Waals surface area contributed by atoms with Gasteiger partial charge in [-0.1, -0.05) is 91.0 Å². The number of unbranched alkanes of at least 4 members (excludes halogenated alkanes) is 1. The van der Waals surface area contributed by atoms with Gasteiger partial charge in [-0.3, -0.25) is 14.4 Å². The second-order valence-electron chi connectivity index (χ2n) is 11.3. The molecule has 0 aliphatic carbocycles. The first-order valence-electron chi connectivity index (χ1n) is 15.9. The third kappa shape index (κ3) is 13.2. The van der Waals surface area contributed by atoms with Crippen LogP contribution in [0.3, 0.4) is 0 Å². The highest BCUT2D eigenvalue weighted by atomic mass is 16.5. The van der Waals surface area contributed by atoms with E-state index in [1.54, 1.807) is 0 Å². The van der Waals surface area contributed by atoms with Crippen LogP contribution >= 0.6 is 0 Å². The molecule has 12 heteroatoms. The van der Waals surface area contributed by atoms with E-state index >= 15 is 0 Å². The van der Waals surface area contributed by atoms with E-state index < -0.39 is 54.0 Å². The van der Waals surface area contributed by atoms with E-state index in [2.05, 4.69) is 21.3 Å². The van der Waals surface area contributed by atoms with Gasteiger partial charge in [-0.05, 0) is 42.9 Å². The highest BCUT2D eigenvalue weighted by Crippen LogP contribution is 2.09. The molecule has 3 aromatic rings. The van der Waals surface area contributed by atoms with Crippen LogP contribution in [0.5, 0.6) is 0 Å². The van der Waals surface area contributed by atoms with Gasteiger partial charge in [-0.15, -0.1) is 0 Å². The lowest BCUT2D eigenvalue weighted by Gasteiger charge is -2.24. The Morgan fingerprint density at radius 1 is 0.667 bits per heavy atom. The topological polar surface area (TPSA) is 178 Å². The van der Waals surface area contributed by atoms with Crippen LogP contribution in [0.25, 0.3) is 0 Å². The molecule has 0 unspecified atom stereocenters. The number of amides is 4. The number of alkyl carbamates (subject to hydrolysis) is 1. The second-order valence-corrected chi connectivity index (χ2v) is 11.3. The molecule has 0 aliphatic heterocycles. The Bertz CT molecular complexity index is 1460. The van der Waals surface area contributed by atoms with Gasteiger partial charge in [-0.2, -0.15) is 0 Å². The van der Waals surface area contributed by atoms with Gasteiger partial charge >= 0.3 is 12.1 Å². The zero-order valence-corrected chi connectivity index (χ0v) is 27.4. The molecule has 0 heterocycles. The number of hydrogen-bond donors (Lipinski definition) is 5. The van der Waals surface area contributed by atoms with Crippen molar-refractivity contribution < 1.29 is 33.4 Å². The molecule has 3 aromatic carbocycles. The number of carbonyl (C=O) groups excluding carboxylic acids is 5. The van der Waals surface area contributed by atoms with Crippen molar-refractivity contribution in [2.24, 2.45) is 5.73 Å². The van der Waals surface area contributed by atoms with Crippen molar-refractivity contribution >= 4 is 29.8 Å². The summed E-state index contributed by atoms with van der Waals surface area (Å²) >= 11 is 0. The molecule has 256 valence electrons. The average molecular weight is 660 g/mol. The van der Waals surface area contributed by atoms with Crippen LogP contribution < -0.4 is 27.0 Å². The van der Waals surface area contributed by atoms with Crippen LogP contribution in [-0.4, -0.2) is 67.6 Å². The van der Waals surface area contributed by atoms with Crippen molar-refractivity contribution in [3.8, 4) is 0 Å². The number of nitrogens with one attached hydrogen (secondary N) is 4. The molecule has 0 saturated carbocycles. The third-order valence-electron chi connectivity index (χ3n) is 7.51. The lowest BCUT2D eigenvalue weighted by atomic mass is 10.0. The molecular formula is C36H45N5O7. The van der Waals surface area contributed by atoms with Crippen molar-refractivity contribution in [2.45, 2.75) is 69.8 Å². The van der Waals surface area contributed by atoms with Crippen LogP contribution in [0.1, 0.15) is 42.9 Å². The summed E-state index contributed by atoms with van der Waals surface area (Å²) in [4.78, 5) is 63.9. The number of esters is 1. The van der Waals surface area contributed by atoms with Crippen LogP contribution in [-0.2, 0) is 48.1 Å². The first-order chi connectivity index (χ1) is 23.2. The van der Waals surface area contributed by atoms with E-state index in [-0.39, 0.29) is 19.4 Å². The molecule has 48 heavy (non-hydrogen) atoms. The van der Waals surface area contributed by atoms with Gasteiger partial charge in [0.15, 0.2) is 0 Å². The average Bonchev–Trinajstić information content (AvgIpc) is 3.10. The summed E-state index contributed by atoms with van der Waals surface area (Å²) in [6, 6.07) is 23.7. The van der Waals surface area contributed by atoms with Crippen LogP contribution in [0, 0.1) is 0 Å². The Morgan fingerprint density at radius 2 is 1.19 bits per heavy atom. The molecule has 0 bridgehead atoms. The molecule has 0 radical (unpaired) electrons. The van der Waals surface area contributed by atoms with E-state index in [1.807, 2.05) is 91.0 Å². The van der Waals surface area contributed by atoms with Crippen molar-refractivity contribution in [3.63, 3.8) is 0 Å². The fourth-order valence-electron chi connectivity index (χ4n) is 4.78. The van der Waals surface area contributed by atoms with E-state index in [4.69, 9.17) is 15.2 Å². The predicted octanol–water partition coefficient (Wildman–Crippen LogP) is 2.54. The number of hydrogen-bond acceptors (Lipinski definition) is 8. The second kappa shape index (κ2) is 20.1. The van der Waals surface area contributed by atoms with Gasteiger partial charge in [-0.25, -0.2) is 9.59 Å². The number of nitrogens with two attached hydrogens (primary N) is 1. The van der Waals surface area contributed by atoms with Gasteiger partial charge in [0.1, 0.15) is 24.7 Å². The summed E-state index contributed by atoms with van der Waals surface area (Å²) in [7, 11) is 1.24. The summed E-state index contributed by atoms with van der Waals surface area (Å²) in [5.41, 5.74) is 8.56. The summed E-state index contributed by atoms with van der Waals surface area (Å²) in [6.45, 7) is 2.02. The number of ether oxygens (including phenoxy) is 2. The molecule has 4 atom stereocenters. The number of methoxy groups -OCH3 is 1. The molecule has 12 nitrogen and oxygen atoms in total. The lowest BCUT2D eigenvalue weighted by molar-refractivity contribution is -0.145. The smallest absolute Gasteiger partial charge is 0.407 e. The van der Waals surface area contributed by atoms with Crippen LogP contribution in [0.2, 0.25) is 0 Å². The molecule has 0 spiro atoms. The summed E-state index contributed by atoms with van der Waals surface area (Å²) < 4.78 is 10.1. The van der Waals surface area contributed by atoms with Crippen molar-refractivity contribution in [1.29, 1.82) is 0 Å². The van der Waals surface area contributed by atoms with Gasteiger partial charge in [0.05, 0.1) is 13.2 Å². The Balaban J connectivity index is 1.48. The number of rotatable bonds is 18. The minimum Gasteiger partial charge on any atom is -0.467 e. The van der Waals surface area contributed by atoms with Crippen LogP contribution in [0.15, 0.2) is 91.0 Å². The SMILES string of the molecule is COC(=O)[C@H](Cc1ccccc1)NC(=O)[C@H](Cc1ccccc1)NC(=O)[C@@H](C)NC(=O)[C@@H](N)CCCCNC(=O)OCc1ccccc1. The normalized spacial score (nSPS) is 13.1. The van der Waals surface area contributed by atoms with Crippen molar-refractivity contribution in [3.05, 3.63) is 108 Å². The van der Waals surface area contributed by atoms with E-state index in [9.17, 15) is 24.0 Å². The Hall–Kier alpha value is -5.23. The predicted molar refractivity (Wildman–Crippen MR) is 180 cm³/mol. The molecule has 0 aliphatic rings. The minimum atomic E-state index is -1.05. The maximum absolute atomic E-state index is 13.5.